The van der Waals surface area contributed by atoms with Crippen LogP contribution < -0.4 is 19.9 Å². The maximum Gasteiger partial charge on any atom is 0.329 e. The highest BCUT2D eigenvalue weighted by atomic mass is 16.7. The maximum absolute atomic E-state index is 13.6. The first-order chi connectivity index (χ1) is 17.8. The second-order valence-electron chi connectivity index (χ2n) is 9.92. The lowest BCUT2D eigenvalue weighted by Gasteiger charge is -2.35. The number of hydrogen-bond donors (Lipinski definition) is 1. The van der Waals surface area contributed by atoms with Gasteiger partial charge in [0.1, 0.15) is 24.9 Å². The minimum atomic E-state index is -0.622. The molecule has 2 saturated heterocycles. The van der Waals surface area contributed by atoms with Gasteiger partial charge in [-0.05, 0) is 51.5 Å². The number of aromatic nitrogens is 4. The molecule has 0 aromatic carbocycles. The number of anilines is 3. The fraction of sp³-hybridized carbons (Fsp3) is 0.423. The van der Waals surface area contributed by atoms with Crippen LogP contribution in [0.15, 0.2) is 42.9 Å². The molecule has 0 radical (unpaired) electrons. The van der Waals surface area contributed by atoms with Crippen LogP contribution in [0.4, 0.5) is 22.1 Å². The Hall–Kier alpha value is -3.83. The summed E-state index contributed by atoms with van der Waals surface area (Å²) in [6.45, 7) is 8.06. The SMILES string of the molecule is Cc1cc(-c2ccc3c(n2)N(C(=O)Nc2cc(OCC4COC(C)(C)O4)ncn2)[C@H]2CCN3C2)ccn1. The standard InChI is InChI=1S/C26H29N7O4/c1-16-10-17(6-8-27-16)20-4-5-21-24(30-20)33(18-7-9-32(21)12-18)25(34)31-22-11-23(29-15-28-22)35-13-19-14-36-26(2,3)37-19/h4-6,8,10-11,15,18-19H,7,9,12-14H2,1-3H3,(H,28,29,31,34)/t18-,19?/m0/s1. The second kappa shape index (κ2) is 9.24. The van der Waals surface area contributed by atoms with E-state index in [4.69, 9.17) is 19.2 Å². The fourth-order valence-corrected chi connectivity index (χ4v) is 5.02. The van der Waals surface area contributed by atoms with Crippen LogP contribution in [0, 0.1) is 6.92 Å². The first-order valence-corrected chi connectivity index (χ1v) is 12.4. The molecule has 11 nitrogen and oxygen atoms in total. The van der Waals surface area contributed by atoms with Crippen molar-refractivity contribution in [1.29, 1.82) is 0 Å². The molecule has 37 heavy (non-hydrogen) atoms. The molecule has 11 heteroatoms. The number of nitrogens with one attached hydrogen (secondary N) is 1. The molecule has 0 saturated carbocycles. The Balaban J connectivity index is 1.21. The lowest BCUT2D eigenvalue weighted by Crippen LogP contribution is -2.48. The highest BCUT2D eigenvalue weighted by molar-refractivity contribution is 6.04. The number of hydrogen-bond acceptors (Lipinski definition) is 9. The Morgan fingerprint density at radius 1 is 1.22 bits per heavy atom. The van der Waals surface area contributed by atoms with Crippen molar-refractivity contribution in [2.24, 2.45) is 0 Å². The molecule has 0 spiro atoms. The Kier molecular flexibility index (Phi) is 5.88. The van der Waals surface area contributed by atoms with Crippen molar-refractivity contribution in [2.75, 3.05) is 41.4 Å². The number of ether oxygens (including phenoxy) is 3. The van der Waals surface area contributed by atoms with Gasteiger partial charge in [0, 0.05) is 36.6 Å². The summed E-state index contributed by atoms with van der Waals surface area (Å²) < 4.78 is 17.1. The van der Waals surface area contributed by atoms with Gasteiger partial charge in [-0.25, -0.2) is 19.7 Å². The van der Waals surface area contributed by atoms with E-state index in [9.17, 15) is 4.79 Å². The summed E-state index contributed by atoms with van der Waals surface area (Å²) in [4.78, 5) is 35.2. The van der Waals surface area contributed by atoms with Crippen molar-refractivity contribution in [3.63, 3.8) is 0 Å². The Bertz CT molecular complexity index is 1330. The molecular weight excluding hydrogens is 474 g/mol. The van der Waals surface area contributed by atoms with E-state index in [1.54, 1.807) is 17.2 Å². The zero-order valence-electron chi connectivity index (χ0n) is 21.0. The van der Waals surface area contributed by atoms with E-state index in [2.05, 4.69) is 25.2 Å². The number of urea groups is 1. The highest BCUT2D eigenvalue weighted by Gasteiger charge is 2.40. The number of aryl methyl sites for hydroxylation is 1. The Morgan fingerprint density at radius 3 is 2.92 bits per heavy atom. The summed E-state index contributed by atoms with van der Waals surface area (Å²) in [5.41, 5.74) is 3.62. The number of amides is 2. The summed E-state index contributed by atoms with van der Waals surface area (Å²) in [7, 11) is 0. The minimum Gasteiger partial charge on any atom is -0.475 e. The topological polar surface area (TPSA) is 115 Å². The molecule has 2 bridgehead atoms. The Labute approximate surface area is 214 Å². The maximum atomic E-state index is 13.6. The first kappa shape index (κ1) is 23.6. The molecule has 3 aliphatic rings. The molecule has 3 aromatic rings. The number of pyridine rings is 2. The number of rotatable bonds is 5. The van der Waals surface area contributed by atoms with E-state index in [0.717, 1.165) is 42.1 Å². The van der Waals surface area contributed by atoms with Gasteiger partial charge in [-0.2, -0.15) is 0 Å². The van der Waals surface area contributed by atoms with Crippen LogP contribution in [0.2, 0.25) is 0 Å². The van der Waals surface area contributed by atoms with E-state index < -0.39 is 5.79 Å². The molecule has 1 N–H and O–H groups in total. The number of nitrogens with zero attached hydrogens (tertiary/aromatic N) is 6. The summed E-state index contributed by atoms with van der Waals surface area (Å²) in [6.07, 6.45) is 3.81. The molecule has 1 unspecified atom stereocenters. The van der Waals surface area contributed by atoms with Crippen molar-refractivity contribution in [2.45, 2.75) is 45.1 Å². The molecule has 2 fully saturated rings. The first-order valence-electron chi connectivity index (χ1n) is 12.4. The van der Waals surface area contributed by atoms with Crippen LogP contribution in [0.3, 0.4) is 0 Å². The van der Waals surface area contributed by atoms with E-state index in [-0.39, 0.29) is 24.8 Å². The molecule has 2 atom stereocenters. The molecule has 2 amide bonds. The molecule has 3 aromatic heterocycles. The predicted molar refractivity (Wildman–Crippen MR) is 137 cm³/mol. The number of fused-ring (bicyclic) bond motifs is 4. The summed E-state index contributed by atoms with van der Waals surface area (Å²) in [6, 6.07) is 9.29. The minimum absolute atomic E-state index is 0.0230. The number of carbonyl (C=O) groups is 1. The lowest BCUT2D eigenvalue weighted by atomic mass is 10.1. The van der Waals surface area contributed by atoms with Crippen molar-refractivity contribution in [1.82, 2.24) is 19.9 Å². The largest absolute Gasteiger partial charge is 0.475 e. The zero-order chi connectivity index (χ0) is 25.6. The van der Waals surface area contributed by atoms with Crippen LogP contribution in [-0.2, 0) is 9.47 Å². The molecular formula is C26H29N7O4. The summed E-state index contributed by atoms with van der Waals surface area (Å²) in [5.74, 6) is 0.716. The molecule has 192 valence electrons. The quantitative estimate of drug-likeness (QED) is 0.559. The lowest BCUT2D eigenvalue weighted by molar-refractivity contribution is -0.141. The van der Waals surface area contributed by atoms with Crippen molar-refractivity contribution in [3.8, 4) is 17.1 Å². The molecule has 6 rings (SSSR count). The van der Waals surface area contributed by atoms with E-state index in [1.807, 2.05) is 45.0 Å². The smallest absolute Gasteiger partial charge is 0.329 e. The van der Waals surface area contributed by atoms with Crippen LogP contribution in [0.5, 0.6) is 5.88 Å². The predicted octanol–water partition coefficient (Wildman–Crippen LogP) is 3.40. The van der Waals surface area contributed by atoms with Gasteiger partial charge in [0.25, 0.3) is 0 Å². The molecule has 6 heterocycles. The van der Waals surface area contributed by atoms with E-state index in [1.165, 1.54) is 6.33 Å². The van der Waals surface area contributed by atoms with Crippen molar-refractivity contribution >= 4 is 23.4 Å². The third-order valence-electron chi connectivity index (χ3n) is 6.72. The molecule has 0 aliphatic carbocycles. The van der Waals surface area contributed by atoms with Crippen LogP contribution >= 0.6 is 0 Å². The van der Waals surface area contributed by atoms with Gasteiger partial charge in [0.05, 0.1) is 24.0 Å². The van der Waals surface area contributed by atoms with Crippen molar-refractivity contribution in [3.05, 3.63) is 48.5 Å². The third kappa shape index (κ3) is 4.79. The average Bonchev–Trinajstić information content (AvgIpc) is 3.46. The van der Waals surface area contributed by atoms with Gasteiger partial charge in [-0.3, -0.25) is 15.2 Å². The van der Waals surface area contributed by atoms with Gasteiger partial charge in [-0.15, -0.1) is 0 Å². The summed E-state index contributed by atoms with van der Waals surface area (Å²) in [5, 5.41) is 2.92. The zero-order valence-corrected chi connectivity index (χ0v) is 21.0. The molecule has 3 aliphatic heterocycles. The Morgan fingerprint density at radius 2 is 2.11 bits per heavy atom. The number of carbonyl (C=O) groups excluding carboxylic acids is 1. The normalized spacial score (nSPS) is 21.6. The van der Waals surface area contributed by atoms with E-state index in [0.29, 0.717) is 24.1 Å². The van der Waals surface area contributed by atoms with Gasteiger partial charge < -0.3 is 19.1 Å². The monoisotopic (exact) mass is 503 g/mol. The van der Waals surface area contributed by atoms with E-state index >= 15 is 0 Å². The van der Waals surface area contributed by atoms with Crippen LogP contribution in [0.25, 0.3) is 11.3 Å². The van der Waals surface area contributed by atoms with Gasteiger partial charge in [0.2, 0.25) is 5.88 Å². The van der Waals surface area contributed by atoms with Crippen LogP contribution in [-0.4, -0.2) is 70.2 Å². The van der Waals surface area contributed by atoms with Gasteiger partial charge in [-0.1, -0.05) is 0 Å². The summed E-state index contributed by atoms with van der Waals surface area (Å²) >= 11 is 0. The van der Waals surface area contributed by atoms with Crippen LogP contribution in [0.1, 0.15) is 26.0 Å². The van der Waals surface area contributed by atoms with Gasteiger partial charge >= 0.3 is 6.03 Å². The fourth-order valence-electron chi connectivity index (χ4n) is 5.02. The highest BCUT2D eigenvalue weighted by Crippen LogP contribution is 2.40. The second-order valence-corrected chi connectivity index (χ2v) is 9.92. The van der Waals surface area contributed by atoms with Crippen molar-refractivity contribution < 1.29 is 19.0 Å². The van der Waals surface area contributed by atoms with Gasteiger partial charge in [0.15, 0.2) is 11.6 Å². The average molecular weight is 504 g/mol. The third-order valence-corrected chi connectivity index (χ3v) is 6.72.